The fourth-order valence-corrected chi connectivity index (χ4v) is 4.94. The van der Waals surface area contributed by atoms with Crippen LogP contribution in [0.25, 0.3) is 0 Å². The number of nitrogens with one attached hydrogen (secondary N) is 1. The molecule has 1 N–H and O–H groups in total. The Hall–Kier alpha value is -0.940. The lowest BCUT2D eigenvalue weighted by Gasteiger charge is -2.28. The first-order valence-corrected chi connectivity index (χ1v) is 10.6. The van der Waals surface area contributed by atoms with Crippen LogP contribution in [0.1, 0.15) is 68.9 Å². The molecule has 0 aromatic carbocycles. The number of rotatable bonds is 5. The lowest BCUT2D eigenvalue weighted by atomic mass is 9.89. The Balaban J connectivity index is 1.46. The van der Waals surface area contributed by atoms with Crippen LogP contribution in [0.2, 0.25) is 0 Å². The third kappa shape index (κ3) is 4.43. The molecule has 25 heavy (non-hydrogen) atoms. The Kier molecular flexibility index (Phi) is 5.71. The van der Waals surface area contributed by atoms with Gasteiger partial charge in [0.25, 0.3) is 0 Å². The van der Waals surface area contributed by atoms with Gasteiger partial charge in [-0.25, -0.2) is 9.67 Å². The molecule has 0 spiro atoms. The van der Waals surface area contributed by atoms with Gasteiger partial charge in [-0.3, -0.25) is 0 Å². The van der Waals surface area contributed by atoms with Crippen molar-refractivity contribution < 1.29 is 0 Å². The quantitative estimate of drug-likeness (QED) is 0.891. The monoisotopic (exact) mass is 345 g/mol. The predicted octanol–water partition coefficient (Wildman–Crippen LogP) is 2.82. The number of hydrogen-bond acceptors (Lipinski definition) is 4. The topological polar surface area (TPSA) is 46.0 Å². The number of aromatic nitrogens is 3. The fraction of sp³-hybridized carbons (Fsp3) is 0.900. The molecular weight excluding hydrogens is 310 g/mol. The first-order chi connectivity index (χ1) is 12.3. The molecule has 1 unspecified atom stereocenters. The summed E-state index contributed by atoms with van der Waals surface area (Å²) in [5.41, 5.74) is 0. The molecule has 2 saturated heterocycles. The predicted molar refractivity (Wildman–Crippen MR) is 101 cm³/mol. The van der Waals surface area contributed by atoms with Crippen LogP contribution in [0.15, 0.2) is 0 Å². The van der Waals surface area contributed by atoms with Gasteiger partial charge in [-0.15, -0.1) is 0 Å². The minimum Gasteiger partial charge on any atom is -0.316 e. The molecule has 3 aliphatic rings. The summed E-state index contributed by atoms with van der Waals surface area (Å²) in [5, 5.41) is 8.54. The summed E-state index contributed by atoms with van der Waals surface area (Å²) in [7, 11) is 2.23. The molecule has 1 aliphatic carbocycles. The summed E-state index contributed by atoms with van der Waals surface area (Å²) in [6.07, 6.45) is 11.9. The molecule has 1 aromatic rings. The largest absolute Gasteiger partial charge is 0.316 e. The van der Waals surface area contributed by atoms with Crippen LogP contribution in [0.3, 0.4) is 0 Å². The van der Waals surface area contributed by atoms with E-state index in [1.807, 2.05) is 0 Å². The van der Waals surface area contributed by atoms with Gasteiger partial charge in [0.1, 0.15) is 5.82 Å². The third-order valence-corrected chi connectivity index (χ3v) is 6.63. The van der Waals surface area contributed by atoms with Crippen molar-refractivity contribution in [1.29, 1.82) is 0 Å². The molecule has 0 bridgehead atoms. The number of piperidine rings is 1. The Bertz CT molecular complexity index is 534. The molecule has 5 heteroatoms. The van der Waals surface area contributed by atoms with Gasteiger partial charge in [0.15, 0.2) is 5.82 Å². The average Bonchev–Trinajstić information content (AvgIpc) is 3.28. The molecule has 1 aromatic heterocycles. The summed E-state index contributed by atoms with van der Waals surface area (Å²) in [4.78, 5) is 7.51. The minimum absolute atomic E-state index is 0.572. The second-order valence-electron chi connectivity index (χ2n) is 8.71. The van der Waals surface area contributed by atoms with Crippen LogP contribution in [0.4, 0.5) is 0 Å². The van der Waals surface area contributed by atoms with Crippen LogP contribution in [0.5, 0.6) is 0 Å². The summed E-state index contributed by atoms with van der Waals surface area (Å²) in [6.45, 7) is 5.77. The van der Waals surface area contributed by atoms with E-state index in [1.54, 1.807) is 0 Å². The Labute approximate surface area is 152 Å². The van der Waals surface area contributed by atoms with Crippen molar-refractivity contribution in [2.24, 2.45) is 11.8 Å². The zero-order valence-electron chi connectivity index (χ0n) is 15.9. The van der Waals surface area contributed by atoms with Crippen LogP contribution in [-0.2, 0) is 13.0 Å². The van der Waals surface area contributed by atoms with Crippen LogP contribution in [0, 0.1) is 11.8 Å². The van der Waals surface area contributed by atoms with E-state index in [0.717, 1.165) is 43.7 Å². The van der Waals surface area contributed by atoms with E-state index in [1.165, 1.54) is 70.3 Å². The Morgan fingerprint density at radius 2 is 1.80 bits per heavy atom. The zero-order chi connectivity index (χ0) is 17.1. The van der Waals surface area contributed by atoms with E-state index >= 15 is 0 Å². The molecule has 2 aliphatic heterocycles. The lowest BCUT2D eigenvalue weighted by Crippen LogP contribution is -2.31. The molecule has 0 radical (unpaired) electrons. The van der Waals surface area contributed by atoms with Crippen LogP contribution < -0.4 is 5.32 Å². The molecule has 3 heterocycles. The van der Waals surface area contributed by atoms with E-state index in [0.29, 0.717) is 5.92 Å². The molecule has 140 valence electrons. The smallest absolute Gasteiger partial charge is 0.151 e. The van der Waals surface area contributed by atoms with Crippen molar-refractivity contribution in [3.8, 4) is 0 Å². The number of hydrogen-bond donors (Lipinski definition) is 1. The summed E-state index contributed by atoms with van der Waals surface area (Å²) < 4.78 is 2.32. The van der Waals surface area contributed by atoms with E-state index in [-0.39, 0.29) is 0 Å². The van der Waals surface area contributed by atoms with Crippen molar-refractivity contribution in [3.05, 3.63) is 11.6 Å². The average molecular weight is 346 g/mol. The highest BCUT2D eigenvalue weighted by Gasteiger charge is 2.27. The molecule has 1 atom stereocenters. The number of likely N-dealkylation sites (tertiary alicyclic amines) is 1. The maximum Gasteiger partial charge on any atom is 0.151 e. The van der Waals surface area contributed by atoms with E-state index in [9.17, 15) is 0 Å². The van der Waals surface area contributed by atoms with Crippen molar-refractivity contribution in [2.75, 3.05) is 33.2 Å². The van der Waals surface area contributed by atoms with Gasteiger partial charge in [0.2, 0.25) is 0 Å². The van der Waals surface area contributed by atoms with E-state index in [4.69, 9.17) is 10.1 Å². The molecule has 4 rings (SSSR count). The zero-order valence-corrected chi connectivity index (χ0v) is 15.9. The Morgan fingerprint density at radius 1 is 1.00 bits per heavy atom. The van der Waals surface area contributed by atoms with Gasteiger partial charge in [0, 0.05) is 25.4 Å². The van der Waals surface area contributed by atoms with Crippen molar-refractivity contribution in [1.82, 2.24) is 25.0 Å². The van der Waals surface area contributed by atoms with Crippen molar-refractivity contribution in [2.45, 2.75) is 70.3 Å². The van der Waals surface area contributed by atoms with Gasteiger partial charge in [0.05, 0.1) is 0 Å². The minimum atomic E-state index is 0.572. The number of nitrogens with zero attached hydrogens (tertiary/aromatic N) is 4. The van der Waals surface area contributed by atoms with E-state index < -0.39 is 0 Å². The lowest BCUT2D eigenvalue weighted by molar-refractivity contribution is 0.217. The third-order valence-electron chi connectivity index (χ3n) is 6.63. The van der Waals surface area contributed by atoms with Crippen LogP contribution >= 0.6 is 0 Å². The highest BCUT2D eigenvalue weighted by molar-refractivity contribution is 5.05. The summed E-state index contributed by atoms with van der Waals surface area (Å²) in [5.74, 6) is 4.56. The highest BCUT2D eigenvalue weighted by atomic mass is 15.4. The molecule has 0 amide bonds. The fourth-order valence-electron chi connectivity index (χ4n) is 4.94. The van der Waals surface area contributed by atoms with Gasteiger partial charge >= 0.3 is 0 Å². The van der Waals surface area contributed by atoms with Gasteiger partial charge < -0.3 is 10.2 Å². The second kappa shape index (κ2) is 8.17. The molecule has 3 fully saturated rings. The van der Waals surface area contributed by atoms with E-state index in [2.05, 4.69) is 21.9 Å². The van der Waals surface area contributed by atoms with Gasteiger partial charge in [-0.05, 0) is 70.6 Å². The maximum atomic E-state index is 5.07. The standard InChI is InChI=1S/C20H35N5/c1-24-11-8-16(9-12-24)13-19-22-20(18-7-10-21-14-18)25(23-19)15-17-5-3-2-4-6-17/h16-18,21H,2-15H2,1H3. The SMILES string of the molecule is CN1CCC(Cc2nc(C3CCNC3)n(CC3CCCCC3)n2)CC1. The molecule has 1 saturated carbocycles. The van der Waals surface area contributed by atoms with Crippen molar-refractivity contribution in [3.63, 3.8) is 0 Å². The normalized spacial score (nSPS) is 27.2. The maximum absolute atomic E-state index is 5.07. The highest BCUT2D eigenvalue weighted by Crippen LogP contribution is 2.28. The van der Waals surface area contributed by atoms with Crippen LogP contribution in [-0.4, -0.2) is 52.9 Å². The van der Waals surface area contributed by atoms with Gasteiger partial charge in [-0.2, -0.15) is 5.10 Å². The molecular formula is C20H35N5. The first kappa shape index (κ1) is 17.5. The first-order valence-electron chi connectivity index (χ1n) is 10.6. The summed E-state index contributed by atoms with van der Waals surface area (Å²) >= 11 is 0. The Morgan fingerprint density at radius 3 is 2.52 bits per heavy atom. The van der Waals surface area contributed by atoms with Gasteiger partial charge in [-0.1, -0.05) is 19.3 Å². The molecule has 5 nitrogen and oxygen atoms in total. The second-order valence-corrected chi connectivity index (χ2v) is 8.71. The van der Waals surface area contributed by atoms with Crippen molar-refractivity contribution >= 4 is 0 Å². The summed E-state index contributed by atoms with van der Waals surface area (Å²) in [6, 6.07) is 0.